The zero-order valence-electron chi connectivity index (χ0n) is 11.5. The third-order valence-electron chi connectivity index (χ3n) is 4.65. The van der Waals surface area contributed by atoms with Crippen molar-refractivity contribution < 1.29 is 0 Å². The van der Waals surface area contributed by atoms with E-state index in [-0.39, 0.29) is 0 Å². The average molecular weight is 267 g/mol. The third-order valence-corrected chi connectivity index (χ3v) is 5.85. The van der Waals surface area contributed by atoms with Gasteiger partial charge in [-0.1, -0.05) is 31.0 Å². The van der Waals surface area contributed by atoms with Gasteiger partial charge in [-0.2, -0.15) is 0 Å². The van der Waals surface area contributed by atoms with Gasteiger partial charge in [0.05, 0.1) is 0 Å². The second-order valence-corrected chi connectivity index (χ2v) is 7.28. The van der Waals surface area contributed by atoms with Crippen molar-refractivity contribution in [1.82, 2.24) is 10.2 Å². The zero-order valence-corrected chi connectivity index (χ0v) is 12.3. The molecule has 0 bridgehead atoms. The van der Waals surface area contributed by atoms with Gasteiger partial charge in [0.2, 0.25) is 0 Å². The Balaban J connectivity index is 1.52. The number of aliphatic imine (C=N–C) groups is 1. The highest BCUT2D eigenvalue weighted by molar-refractivity contribution is 8.14. The smallest absolute Gasteiger partial charge is 0.157 e. The molecule has 1 unspecified atom stereocenters. The van der Waals surface area contributed by atoms with Crippen LogP contribution in [0.4, 0.5) is 0 Å². The predicted octanol–water partition coefficient (Wildman–Crippen LogP) is 2.33. The number of rotatable bonds is 2. The third kappa shape index (κ3) is 2.85. The molecule has 18 heavy (non-hydrogen) atoms. The molecule has 1 saturated carbocycles. The molecule has 2 aliphatic heterocycles. The van der Waals surface area contributed by atoms with Crippen LogP contribution in [0.1, 0.15) is 38.5 Å². The summed E-state index contributed by atoms with van der Waals surface area (Å²) in [7, 11) is 2.22. The molecular weight excluding hydrogens is 242 g/mol. The van der Waals surface area contributed by atoms with Crippen LogP contribution in [0.15, 0.2) is 4.99 Å². The minimum Gasteiger partial charge on any atom is -0.359 e. The van der Waals surface area contributed by atoms with Crippen LogP contribution >= 0.6 is 11.8 Å². The van der Waals surface area contributed by atoms with Crippen molar-refractivity contribution >= 4 is 16.9 Å². The number of amidine groups is 1. The molecule has 0 aromatic carbocycles. The molecule has 2 saturated heterocycles. The zero-order chi connectivity index (χ0) is 12.4. The second kappa shape index (κ2) is 5.41. The predicted molar refractivity (Wildman–Crippen MR) is 79.3 cm³/mol. The molecule has 102 valence electrons. The molecule has 0 amide bonds. The number of nitrogens with one attached hydrogen (secondary N) is 1. The van der Waals surface area contributed by atoms with E-state index in [1.807, 2.05) is 11.8 Å². The van der Waals surface area contributed by atoms with E-state index in [9.17, 15) is 0 Å². The molecule has 3 aliphatic rings. The first kappa shape index (κ1) is 12.8. The minimum absolute atomic E-state index is 0.411. The van der Waals surface area contributed by atoms with Gasteiger partial charge in [-0.15, -0.1) is 0 Å². The van der Waals surface area contributed by atoms with E-state index >= 15 is 0 Å². The molecule has 4 heteroatoms. The highest BCUT2D eigenvalue weighted by Crippen LogP contribution is 2.36. The first-order valence-electron chi connectivity index (χ1n) is 7.40. The van der Waals surface area contributed by atoms with Crippen molar-refractivity contribution in [2.24, 2.45) is 10.9 Å². The number of nitrogens with zero attached hydrogens (tertiary/aromatic N) is 2. The molecule has 3 nitrogen and oxygen atoms in total. The molecule has 2 heterocycles. The molecule has 1 atom stereocenters. The van der Waals surface area contributed by atoms with Crippen LogP contribution in [0.3, 0.4) is 0 Å². The van der Waals surface area contributed by atoms with Crippen LogP contribution in [0.5, 0.6) is 0 Å². The van der Waals surface area contributed by atoms with Gasteiger partial charge in [0.25, 0.3) is 0 Å². The highest BCUT2D eigenvalue weighted by Gasteiger charge is 2.38. The van der Waals surface area contributed by atoms with E-state index in [4.69, 9.17) is 4.99 Å². The van der Waals surface area contributed by atoms with Gasteiger partial charge >= 0.3 is 0 Å². The Morgan fingerprint density at radius 3 is 2.94 bits per heavy atom. The van der Waals surface area contributed by atoms with Crippen molar-refractivity contribution in [1.29, 1.82) is 0 Å². The fourth-order valence-electron chi connectivity index (χ4n) is 3.48. The molecule has 1 spiro atoms. The van der Waals surface area contributed by atoms with E-state index in [1.165, 1.54) is 62.5 Å². The lowest BCUT2D eigenvalue weighted by atomic mass is 9.83. The summed E-state index contributed by atoms with van der Waals surface area (Å²) in [4.78, 5) is 7.25. The van der Waals surface area contributed by atoms with E-state index in [2.05, 4.69) is 17.3 Å². The molecule has 0 radical (unpaired) electrons. The Hall–Kier alpha value is -0.220. The van der Waals surface area contributed by atoms with Gasteiger partial charge in [0.1, 0.15) is 0 Å². The van der Waals surface area contributed by atoms with Crippen molar-refractivity contribution in [2.45, 2.75) is 44.1 Å². The van der Waals surface area contributed by atoms with Crippen LogP contribution in [0.2, 0.25) is 0 Å². The molecule has 3 rings (SSSR count). The quantitative estimate of drug-likeness (QED) is 0.832. The monoisotopic (exact) mass is 267 g/mol. The first-order chi connectivity index (χ1) is 8.76. The maximum absolute atomic E-state index is 4.83. The molecular formula is C14H25N3S. The topological polar surface area (TPSA) is 27.6 Å². The minimum atomic E-state index is 0.411. The number of hydrogen-bond acceptors (Lipinski definition) is 3. The molecule has 1 N–H and O–H groups in total. The first-order valence-corrected chi connectivity index (χ1v) is 8.38. The molecule has 0 aromatic rings. The standard InChI is InChI=1S/C14H25N3S/c1-17-8-5-12(10-17)9-15-13-16-14(11-18-13)6-3-2-4-7-14/h12H,2-11H2,1H3,(H,15,16). The summed E-state index contributed by atoms with van der Waals surface area (Å²) in [5, 5.41) is 4.97. The summed E-state index contributed by atoms with van der Waals surface area (Å²) in [6.07, 6.45) is 8.25. The lowest BCUT2D eigenvalue weighted by Crippen LogP contribution is -2.45. The Morgan fingerprint density at radius 1 is 1.39 bits per heavy atom. The fourth-order valence-corrected chi connectivity index (χ4v) is 4.70. The van der Waals surface area contributed by atoms with Crippen LogP contribution in [0, 0.1) is 5.92 Å². The van der Waals surface area contributed by atoms with Gasteiger partial charge in [0, 0.05) is 24.4 Å². The van der Waals surface area contributed by atoms with Crippen molar-refractivity contribution in [3.05, 3.63) is 0 Å². The number of likely N-dealkylation sites (tertiary alicyclic amines) is 1. The summed E-state index contributed by atoms with van der Waals surface area (Å²) >= 11 is 1.96. The number of hydrogen-bond donors (Lipinski definition) is 1. The van der Waals surface area contributed by atoms with Crippen LogP contribution in [-0.4, -0.2) is 48.0 Å². The summed E-state index contributed by atoms with van der Waals surface area (Å²) in [5.41, 5.74) is 0.411. The SMILES string of the molecule is CN1CCC(CN=C2NC3(CCCCC3)CS2)C1. The summed E-state index contributed by atoms with van der Waals surface area (Å²) in [6.45, 7) is 3.50. The van der Waals surface area contributed by atoms with Crippen LogP contribution in [0.25, 0.3) is 0 Å². The lowest BCUT2D eigenvalue weighted by molar-refractivity contribution is 0.303. The summed E-state index contributed by atoms with van der Waals surface area (Å²) in [5.74, 6) is 2.03. The van der Waals surface area contributed by atoms with Crippen molar-refractivity contribution in [2.75, 3.05) is 32.4 Å². The van der Waals surface area contributed by atoms with Gasteiger partial charge in [0.15, 0.2) is 5.17 Å². The Morgan fingerprint density at radius 2 is 2.22 bits per heavy atom. The maximum Gasteiger partial charge on any atom is 0.157 e. The Kier molecular flexibility index (Phi) is 3.85. The van der Waals surface area contributed by atoms with E-state index < -0.39 is 0 Å². The Labute approximate surface area is 115 Å². The number of thioether (sulfide) groups is 1. The average Bonchev–Trinajstić information content (AvgIpc) is 2.96. The van der Waals surface area contributed by atoms with E-state index in [0.717, 1.165) is 12.5 Å². The van der Waals surface area contributed by atoms with Crippen LogP contribution < -0.4 is 5.32 Å². The summed E-state index contributed by atoms with van der Waals surface area (Å²) in [6, 6.07) is 0. The Bertz CT molecular complexity index is 323. The largest absolute Gasteiger partial charge is 0.359 e. The lowest BCUT2D eigenvalue weighted by Gasteiger charge is -2.32. The van der Waals surface area contributed by atoms with Gasteiger partial charge in [-0.3, -0.25) is 4.99 Å². The van der Waals surface area contributed by atoms with Crippen molar-refractivity contribution in [3.63, 3.8) is 0 Å². The van der Waals surface area contributed by atoms with Gasteiger partial charge < -0.3 is 10.2 Å². The second-order valence-electron chi connectivity index (χ2n) is 6.32. The van der Waals surface area contributed by atoms with E-state index in [0.29, 0.717) is 5.54 Å². The highest BCUT2D eigenvalue weighted by atomic mass is 32.2. The fraction of sp³-hybridized carbons (Fsp3) is 0.929. The molecule has 1 aliphatic carbocycles. The van der Waals surface area contributed by atoms with E-state index in [1.54, 1.807) is 0 Å². The van der Waals surface area contributed by atoms with Gasteiger partial charge in [-0.25, -0.2) is 0 Å². The normalized spacial score (nSPS) is 34.3. The van der Waals surface area contributed by atoms with Gasteiger partial charge in [-0.05, 0) is 38.8 Å². The summed E-state index contributed by atoms with van der Waals surface area (Å²) < 4.78 is 0. The maximum atomic E-state index is 4.83. The van der Waals surface area contributed by atoms with Crippen molar-refractivity contribution in [3.8, 4) is 0 Å². The van der Waals surface area contributed by atoms with Crippen LogP contribution in [-0.2, 0) is 0 Å². The molecule has 0 aromatic heterocycles. The molecule has 3 fully saturated rings.